The van der Waals surface area contributed by atoms with Crippen molar-refractivity contribution in [2.75, 3.05) is 13.7 Å². The van der Waals surface area contributed by atoms with Crippen LogP contribution >= 0.6 is 0 Å². The maximum Gasteiger partial charge on any atom is 0.308 e. The van der Waals surface area contributed by atoms with Gasteiger partial charge in [-0.2, -0.15) is 0 Å². The zero-order chi connectivity index (χ0) is 19.6. The number of carbonyl (C=O) groups is 2. The summed E-state index contributed by atoms with van der Waals surface area (Å²) < 4.78 is 5.28. The van der Waals surface area contributed by atoms with Gasteiger partial charge in [-0.3, -0.25) is 9.59 Å². The van der Waals surface area contributed by atoms with Gasteiger partial charge in [0, 0.05) is 18.9 Å². The van der Waals surface area contributed by atoms with E-state index in [1.165, 1.54) is 0 Å². The molecule has 2 rings (SSSR count). The third kappa shape index (κ3) is 5.99. The third-order valence-corrected chi connectivity index (χ3v) is 4.47. The second-order valence-corrected chi connectivity index (χ2v) is 6.31. The lowest BCUT2D eigenvalue weighted by Crippen LogP contribution is -2.34. The quantitative estimate of drug-likeness (QED) is 0.631. The predicted molar refractivity (Wildman–Crippen MR) is 105 cm³/mol. The molecule has 27 heavy (non-hydrogen) atoms. The van der Waals surface area contributed by atoms with Crippen molar-refractivity contribution in [1.29, 1.82) is 0 Å². The zero-order valence-electron chi connectivity index (χ0n) is 15.4. The van der Waals surface area contributed by atoms with E-state index in [1.807, 2.05) is 48.5 Å². The van der Waals surface area contributed by atoms with E-state index in [4.69, 9.17) is 4.74 Å². The summed E-state index contributed by atoms with van der Waals surface area (Å²) >= 11 is 0. The van der Waals surface area contributed by atoms with Gasteiger partial charge in [-0.05, 0) is 23.6 Å². The molecule has 0 saturated heterocycles. The average Bonchev–Trinajstić information content (AvgIpc) is 2.69. The number of rotatable bonds is 10. The molecule has 1 amide bonds. The number of allylic oxidation sites excluding steroid dienone is 1. The van der Waals surface area contributed by atoms with Gasteiger partial charge >= 0.3 is 5.97 Å². The Kier molecular flexibility index (Phi) is 7.62. The van der Waals surface area contributed by atoms with Crippen LogP contribution in [0.25, 0.3) is 0 Å². The minimum Gasteiger partial charge on any atom is -0.496 e. The molecule has 2 unspecified atom stereocenters. The van der Waals surface area contributed by atoms with Gasteiger partial charge in [0.15, 0.2) is 0 Å². The van der Waals surface area contributed by atoms with E-state index in [1.54, 1.807) is 19.3 Å². The van der Waals surface area contributed by atoms with Gasteiger partial charge in [-0.1, -0.05) is 54.6 Å². The Morgan fingerprint density at radius 2 is 1.81 bits per heavy atom. The van der Waals surface area contributed by atoms with E-state index in [9.17, 15) is 14.7 Å². The minimum absolute atomic E-state index is 0.0604. The molecule has 0 heterocycles. The maximum atomic E-state index is 12.3. The van der Waals surface area contributed by atoms with Crippen LogP contribution in [0.15, 0.2) is 67.3 Å². The monoisotopic (exact) mass is 367 g/mol. The summed E-state index contributed by atoms with van der Waals surface area (Å²) in [6.45, 7) is 3.86. The first kappa shape index (κ1) is 20.2. The van der Waals surface area contributed by atoms with Crippen LogP contribution in [0.3, 0.4) is 0 Å². The molecule has 5 heteroatoms. The van der Waals surface area contributed by atoms with E-state index in [0.29, 0.717) is 5.75 Å². The van der Waals surface area contributed by atoms with Gasteiger partial charge in [-0.25, -0.2) is 0 Å². The van der Waals surface area contributed by atoms with Gasteiger partial charge in [0.1, 0.15) is 5.75 Å². The van der Waals surface area contributed by atoms with E-state index in [-0.39, 0.29) is 31.2 Å². The molecule has 5 nitrogen and oxygen atoms in total. The molecule has 0 radical (unpaired) electrons. The number of hydrogen-bond donors (Lipinski definition) is 2. The van der Waals surface area contributed by atoms with E-state index in [2.05, 4.69) is 11.9 Å². The number of benzene rings is 2. The van der Waals surface area contributed by atoms with Crippen LogP contribution < -0.4 is 10.1 Å². The number of carboxylic acids is 1. The Morgan fingerprint density at radius 1 is 1.15 bits per heavy atom. The fourth-order valence-corrected chi connectivity index (χ4v) is 2.93. The molecule has 2 N–H and O–H groups in total. The standard InChI is InChI=1S/C22H25NO4/c1-3-16(17-9-5-4-6-10-17)14-21(24)23-15-19(22(25)26)13-18-11-7-8-12-20(18)27-2/h3-12,16,19H,1,13-15H2,2H3,(H,23,24)(H,25,26). The van der Waals surface area contributed by atoms with Crippen molar-refractivity contribution in [2.45, 2.75) is 18.8 Å². The highest BCUT2D eigenvalue weighted by molar-refractivity contribution is 5.78. The van der Waals surface area contributed by atoms with E-state index < -0.39 is 11.9 Å². The fraction of sp³-hybridized carbons (Fsp3) is 0.273. The second kappa shape index (κ2) is 10.2. The molecule has 0 spiro atoms. The molecule has 0 aliphatic heterocycles. The normalized spacial score (nSPS) is 12.6. The number of nitrogens with one attached hydrogen (secondary N) is 1. The van der Waals surface area contributed by atoms with Crippen molar-refractivity contribution in [1.82, 2.24) is 5.32 Å². The number of ether oxygens (including phenoxy) is 1. The second-order valence-electron chi connectivity index (χ2n) is 6.31. The van der Waals surface area contributed by atoms with Crippen LogP contribution in [0.2, 0.25) is 0 Å². The Morgan fingerprint density at radius 3 is 2.44 bits per heavy atom. The number of carboxylic acid groups (broad SMARTS) is 1. The summed E-state index contributed by atoms with van der Waals surface area (Å²) in [7, 11) is 1.55. The number of hydrogen-bond acceptors (Lipinski definition) is 3. The molecule has 0 bridgehead atoms. The van der Waals surface area contributed by atoms with Crippen LogP contribution in [0.4, 0.5) is 0 Å². The molecule has 0 saturated carbocycles. The summed E-state index contributed by atoms with van der Waals surface area (Å²) in [5.41, 5.74) is 1.81. The van der Waals surface area contributed by atoms with E-state index in [0.717, 1.165) is 11.1 Å². The highest BCUT2D eigenvalue weighted by Gasteiger charge is 2.21. The summed E-state index contributed by atoms with van der Waals surface area (Å²) in [5.74, 6) is -1.35. The van der Waals surface area contributed by atoms with E-state index >= 15 is 0 Å². The third-order valence-electron chi connectivity index (χ3n) is 4.47. The molecule has 0 aromatic heterocycles. The molecule has 2 atom stereocenters. The summed E-state index contributed by atoms with van der Waals surface area (Å²) in [6, 6.07) is 16.9. The fourth-order valence-electron chi connectivity index (χ4n) is 2.93. The van der Waals surface area contributed by atoms with Crippen molar-refractivity contribution in [3.8, 4) is 5.75 Å². The number of amides is 1. The smallest absolute Gasteiger partial charge is 0.308 e. The lowest BCUT2D eigenvalue weighted by atomic mass is 9.95. The van der Waals surface area contributed by atoms with Crippen LogP contribution in [0.1, 0.15) is 23.5 Å². The van der Waals surface area contributed by atoms with Crippen LogP contribution in [0, 0.1) is 5.92 Å². The van der Waals surface area contributed by atoms with Crippen LogP contribution in [0.5, 0.6) is 5.75 Å². The first-order valence-corrected chi connectivity index (χ1v) is 8.84. The largest absolute Gasteiger partial charge is 0.496 e. The van der Waals surface area contributed by atoms with Crippen molar-refractivity contribution < 1.29 is 19.4 Å². The van der Waals surface area contributed by atoms with Crippen molar-refractivity contribution >= 4 is 11.9 Å². The SMILES string of the molecule is C=CC(CC(=O)NCC(Cc1ccccc1OC)C(=O)O)c1ccccc1. The highest BCUT2D eigenvalue weighted by Crippen LogP contribution is 2.22. The number of aliphatic carboxylic acids is 1. The molecule has 2 aromatic carbocycles. The Hall–Kier alpha value is -3.08. The van der Waals surface area contributed by atoms with Crippen molar-refractivity contribution in [2.24, 2.45) is 5.92 Å². The first-order valence-electron chi connectivity index (χ1n) is 8.84. The minimum atomic E-state index is -0.954. The summed E-state index contributed by atoms with van der Waals surface area (Å²) in [4.78, 5) is 23.9. The van der Waals surface area contributed by atoms with Gasteiger partial charge in [0.05, 0.1) is 13.0 Å². The topological polar surface area (TPSA) is 75.6 Å². The summed E-state index contributed by atoms with van der Waals surface area (Å²) in [6.07, 6.45) is 2.25. The lowest BCUT2D eigenvalue weighted by molar-refractivity contribution is -0.141. The number of carbonyl (C=O) groups excluding carboxylic acids is 1. The number of methoxy groups -OCH3 is 1. The highest BCUT2D eigenvalue weighted by atomic mass is 16.5. The van der Waals surface area contributed by atoms with Gasteiger partial charge in [-0.15, -0.1) is 6.58 Å². The molecule has 142 valence electrons. The Balaban J connectivity index is 1.96. The van der Waals surface area contributed by atoms with Crippen molar-refractivity contribution in [3.05, 3.63) is 78.4 Å². The van der Waals surface area contributed by atoms with Crippen LogP contribution in [-0.2, 0) is 16.0 Å². The van der Waals surface area contributed by atoms with Crippen molar-refractivity contribution in [3.63, 3.8) is 0 Å². The zero-order valence-corrected chi connectivity index (χ0v) is 15.4. The molecule has 0 aliphatic rings. The van der Waals surface area contributed by atoms with Gasteiger partial charge in [0.25, 0.3) is 0 Å². The Bertz CT molecular complexity index is 773. The summed E-state index contributed by atoms with van der Waals surface area (Å²) in [5, 5.41) is 12.3. The molecular weight excluding hydrogens is 342 g/mol. The van der Waals surface area contributed by atoms with Gasteiger partial charge in [0.2, 0.25) is 5.91 Å². The first-order chi connectivity index (χ1) is 13.0. The number of para-hydroxylation sites is 1. The average molecular weight is 367 g/mol. The van der Waals surface area contributed by atoms with Gasteiger partial charge < -0.3 is 15.2 Å². The molecule has 0 fully saturated rings. The molecular formula is C22H25NO4. The lowest BCUT2D eigenvalue weighted by Gasteiger charge is -2.17. The van der Waals surface area contributed by atoms with Crippen LogP contribution in [-0.4, -0.2) is 30.6 Å². The maximum absolute atomic E-state index is 12.3. The molecule has 2 aromatic rings. The molecule has 0 aliphatic carbocycles. The Labute approximate surface area is 159 Å². The predicted octanol–water partition coefficient (Wildman–Crippen LogP) is 3.41.